The molecule has 0 unspecified atom stereocenters. The molecular weight excluding hydrogens is 308 g/mol. The molecule has 6 nitrogen and oxygen atoms in total. The van der Waals surface area contributed by atoms with Crippen LogP contribution in [-0.2, 0) is 10.0 Å². The molecule has 0 saturated carbocycles. The smallest absolute Gasteiger partial charge is 0.214 e. The first kappa shape index (κ1) is 16.7. The molecule has 0 aromatic carbocycles. The number of unbranched alkanes of at least 4 members (excludes halogenated alkanes) is 1. The van der Waals surface area contributed by atoms with E-state index in [1.54, 1.807) is 21.8 Å². The van der Waals surface area contributed by atoms with Crippen LogP contribution >= 0.6 is 11.3 Å². The van der Waals surface area contributed by atoms with Crippen LogP contribution in [0.15, 0.2) is 11.6 Å². The van der Waals surface area contributed by atoms with Crippen molar-refractivity contribution in [1.82, 2.24) is 14.6 Å². The Kier molecular flexibility index (Phi) is 6.40. The van der Waals surface area contributed by atoms with Gasteiger partial charge in [0.25, 0.3) is 0 Å². The van der Waals surface area contributed by atoms with Crippen LogP contribution in [0.2, 0.25) is 0 Å². The molecule has 1 aliphatic rings. The fourth-order valence-corrected chi connectivity index (χ4v) is 4.61. The first-order valence-corrected chi connectivity index (χ1v) is 9.95. The summed E-state index contributed by atoms with van der Waals surface area (Å²) in [7, 11) is -3.10. The molecule has 1 N–H and O–H groups in total. The van der Waals surface area contributed by atoms with Crippen molar-refractivity contribution >= 4 is 26.5 Å². The molecule has 0 bridgehead atoms. The van der Waals surface area contributed by atoms with Crippen molar-refractivity contribution in [3.05, 3.63) is 11.6 Å². The number of rotatable bonds is 8. The average molecular weight is 332 g/mol. The Bertz CT molecular complexity index is 496. The zero-order valence-electron chi connectivity index (χ0n) is 12.5. The summed E-state index contributed by atoms with van der Waals surface area (Å²) in [5, 5.41) is 6.15. The van der Waals surface area contributed by atoms with Gasteiger partial charge in [-0.15, -0.1) is 11.3 Å². The van der Waals surface area contributed by atoms with Crippen molar-refractivity contribution in [2.24, 2.45) is 0 Å². The van der Waals surface area contributed by atoms with E-state index in [-0.39, 0.29) is 5.75 Å². The van der Waals surface area contributed by atoms with Gasteiger partial charge in [0.15, 0.2) is 5.13 Å². The van der Waals surface area contributed by atoms with Crippen LogP contribution in [0, 0.1) is 0 Å². The van der Waals surface area contributed by atoms with Crippen molar-refractivity contribution in [3.8, 4) is 0 Å². The fourth-order valence-electron chi connectivity index (χ4n) is 2.37. The number of aromatic nitrogens is 1. The molecule has 2 heterocycles. The number of thiazole rings is 1. The van der Waals surface area contributed by atoms with Crippen molar-refractivity contribution in [1.29, 1.82) is 0 Å². The molecule has 0 aliphatic carbocycles. The topological polar surface area (TPSA) is 65.5 Å². The largest absolute Gasteiger partial charge is 0.345 e. The van der Waals surface area contributed by atoms with Gasteiger partial charge in [-0.1, -0.05) is 6.92 Å². The second kappa shape index (κ2) is 8.07. The normalized spacial score (nSPS) is 17.3. The quantitative estimate of drug-likeness (QED) is 0.719. The maximum atomic E-state index is 12.3. The van der Waals surface area contributed by atoms with Gasteiger partial charge in [0, 0.05) is 37.8 Å². The number of hydrogen-bond donors (Lipinski definition) is 1. The van der Waals surface area contributed by atoms with Crippen LogP contribution in [0.25, 0.3) is 0 Å². The van der Waals surface area contributed by atoms with E-state index in [1.165, 1.54) is 0 Å². The standard InChI is InChI=1S/C13H24N4O2S2/c1-2-14-5-3-4-12-21(18,19)17-9-7-16(8-10-17)13-15-6-11-20-13/h6,11,14H,2-5,7-10,12H2,1H3. The van der Waals surface area contributed by atoms with E-state index in [2.05, 4.69) is 22.1 Å². The third-order valence-electron chi connectivity index (χ3n) is 3.58. The van der Waals surface area contributed by atoms with Crippen molar-refractivity contribution in [2.75, 3.05) is 49.9 Å². The van der Waals surface area contributed by atoms with E-state index >= 15 is 0 Å². The Hall–Kier alpha value is -0.700. The van der Waals surface area contributed by atoms with E-state index < -0.39 is 10.0 Å². The third-order valence-corrected chi connectivity index (χ3v) is 6.37. The Labute approximate surface area is 131 Å². The Morgan fingerprint density at radius 1 is 1.29 bits per heavy atom. The van der Waals surface area contributed by atoms with Crippen LogP contribution in [-0.4, -0.2) is 62.7 Å². The molecule has 1 saturated heterocycles. The molecule has 0 amide bonds. The van der Waals surface area contributed by atoms with E-state index in [9.17, 15) is 8.42 Å². The molecule has 1 fully saturated rings. The van der Waals surface area contributed by atoms with Crippen molar-refractivity contribution < 1.29 is 8.42 Å². The minimum Gasteiger partial charge on any atom is -0.345 e. The molecular formula is C13H24N4O2S2. The lowest BCUT2D eigenvalue weighted by Crippen LogP contribution is -2.49. The Morgan fingerprint density at radius 3 is 2.67 bits per heavy atom. The lowest BCUT2D eigenvalue weighted by molar-refractivity contribution is 0.384. The van der Waals surface area contributed by atoms with Gasteiger partial charge in [-0.2, -0.15) is 4.31 Å². The molecule has 2 rings (SSSR count). The van der Waals surface area contributed by atoms with Gasteiger partial charge in [-0.05, 0) is 25.9 Å². The van der Waals surface area contributed by atoms with Gasteiger partial charge in [-0.25, -0.2) is 13.4 Å². The first-order chi connectivity index (χ1) is 10.1. The molecule has 0 radical (unpaired) electrons. The van der Waals surface area contributed by atoms with Crippen LogP contribution in [0.1, 0.15) is 19.8 Å². The maximum absolute atomic E-state index is 12.3. The van der Waals surface area contributed by atoms with Gasteiger partial charge >= 0.3 is 0 Å². The Morgan fingerprint density at radius 2 is 2.05 bits per heavy atom. The lowest BCUT2D eigenvalue weighted by Gasteiger charge is -2.33. The van der Waals surface area contributed by atoms with Crippen LogP contribution < -0.4 is 10.2 Å². The van der Waals surface area contributed by atoms with Gasteiger partial charge in [-0.3, -0.25) is 0 Å². The monoisotopic (exact) mass is 332 g/mol. The minimum absolute atomic E-state index is 0.260. The van der Waals surface area contributed by atoms with Gasteiger partial charge in [0.1, 0.15) is 0 Å². The molecule has 21 heavy (non-hydrogen) atoms. The second-order valence-electron chi connectivity index (χ2n) is 5.08. The van der Waals surface area contributed by atoms with E-state index in [4.69, 9.17) is 0 Å². The highest BCUT2D eigenvalue weighted by Gasteiger charge is 2.27. The van der Waals surface area contributed by atoms with E-state index in [0.29, 0.717) is 13.1 Å². The number of nitrogens with zero attached hydrogens (tertiary/aromatic N) is 3. The van der Waals surface area contributed by atoms with Gasteiger partial charge in [0.05, 0.1) is 5.75 Å². The fraction of sp³-hybridized carbons (Fsp3) is 0.769. The number of sulfonamides is 1. The molecule has 1 aliphatic heterocycles. The lowest BCUT2D eigenvalue weighted by atomic mass is 10.3. The SMILES string of the molecule is CCNCCCCS(=O)(=O)N1CCN(c2nccs2)CC1. The van der Waals surface area contributed by atoms with E-state index in [1.807, 2.05) is 5.38 Å². The molecule has 0 spiro atoms. The van der Waals surface area contributed by atoms with Crippen LogP contribution in [0.4, 0.5) is 5.13 Å². The first-order valence-electron chi connectivity index (χ1n) is 7.46. The summed E-state index contributed by atoms with van der Waals surface area (Å²) >= 11 is 1.60. The summed E-state index contributed by atoms with van der Waals surface area (Å²) in [6, 6.07) is 0. The Balaban J connectivity index is 1.75. The number of anilines is 1. The third kappa shape index (κ3) is 4.91. The van der Waals surface area contributed by atoms with Crippen LogP contribution in [0.5, 0.6) is 0 Å². The highest BCUT2D eigenvalue weighted by Crippen LogP contribution is 2.20. The molecule has 8 heteroatoms. The summed E-state index contributed by atoms with van der Waals surface area (Å²) in [6.45, 7) is 6.46. The van der Waals surface area contributed by atoms with Crippen molar-refractivity contribution in [3.63, 3.8) is 0 Å². The minimum atomic E-state index is -3.10. The molecule has 120 valence electrons. The van der Waals surface area contributed by atoms with Gasteiger partial charge in [0.2, 0.25) is 10.0 Å². The zero-order chi connectivity index (χ0) is 15.1. The summed E-state index contributed by atoms with van der Waals surface area (Å²) in [6.07, 6.45) is 3.42. The maximum Gasteiger partial charge on any atom is 0.214 e. The predicted octanol–water partition coefficient (Wildman–Crippen LogP) is 0.985. The zero-order valence-corrected chi connectivity index (χ0v) is 14.1. The molecule has 1 aromatic heterocycles. The van der Waals surface area contributed by atoms with Gasteiger partial charge < -0.3 is 10.2 Å². The number of hydrogen-bond acceptors (Lipinski definition) is 6. The van der Waals surface area contributed by atoms with E-state index in [0.717, 1.165) is 44.2 Å². The summed E-state index contributed by atoms with van der Waals surface area (Å²) < 4.78 is 26.2. The summed E-state index contributed by atoms with van der Waals surface area (Å²) in [5.41, 5.74) is 0. The highest BCUT2D eigenvalue weighted by atomic mass is 32.2. The number of piperazine rings is 1. The second-order valence-corrected chi connectivity index (χ2v) is 8.04. The summed E-state index contributed by atoms with van der Waals surface area (Å²) in [5.74, 6) is 0.260. The number of nitrogens with one attached hydrogen (secondary N) is 1. The average Bonchev–Trinajstić information content (AvgIpc) is 3.01. The van der Waals surface area contributed by atoms with Crippen molar-refractivity contribution in [2.45, 2.75) is 19.8 Å². The molecule has 0 atom stereocenters. The molecule has 1 aromatic rings. The summed E-state index contributed by atoms with van der Waals surface area (Å²) in [4.78, 5) is 6.43. The highest BCUT2D eigenvalue weighted by molar-refractivity contribution is 7.89. The van der Waals surface area contributed by atoms with Crippen LogP contribution in [0.3, 0.4) is 0 Å². The predicted molar refractivity (Wildman–Crippen MR) is 87.5 cm³/mol.